The van der Waals surface area contributed by atoms with Crippen LogP contribution in [0, 0.1) is 0 Å². The molecular weight excluding hydrogens is 290 g/mol. The summed E-state index contributed by atoms with van der Waals surface area (Å²) in [6.07, 6.45) is 0. The van der Waals surface area contributed by atoms with Crippen LogP contribution in [0.25, 0.3) is 22.2 Å². The van der Waals surface area contributed by atoms with Crippen molar-refractivity contribution in [3.8, 4) is 11.3 Å². The van der Waals surface area contributed by atoms with Gasteiger partial charge in [0.1, 0.15) is 5.82 Å². The molecule has 0 aliphatic rings. The van der Waals surface area contributed by atoms with Gasteiger partial charge in [0.25, 0.3) is 0 Å². The van der Waals surface area contributed by atoms with Crippen LogP contribution in [0.3, 0.4) is 0 Å². The highest BCUT2D eigenvalue weighted by Crippen LogP contribution is 2.27. The molecule has 2 aromatic heterocycles. The summed E-state index contributed by atoms with van der Waals surface area (Å²) in [5.41, 5.74) is 3.08. The van der Waals surface area contributed by atoms with Gasteiger partial charge in [-0.2, -0.15) is 0 Å². The molecule has 0 saturated carbocycles. The first-order valence-corrected chi connectivity index (χ1v) is 7.90. The Kier molecular flexibility index (Phi) is 3.29. The second-order valence-electron chi connectivity index (χ2n) is 4.92. The van der Waals surface area contributed by atoms with Gasteiger partial charge in [0.05, 0.1) is 11.2 Å². The Bertz CT molecular complexity index is 916. The fraction of sp³-hybridized carbons (Fsp3) is 0. The monoisotopic (exact) mass is 303 g/mol. The molecule has 0 radical (unpaired) electrons. The largest absolute Gasteiger partial charge is 0.316 e. The highest BCUT2D eigenvalue weighted by molar-refractivity contribution is 7.14. The lowest BCUT2D eigenvalue weighted by Gasteiger charge is -2.03. The average Bonchev–Trinajstić information content (AvgIpc) is 3.04. The van der Waals surface area contributed by atoms with Gasteiger partial charge in [-0.25, -0.2) is 9.97 Å². The van der Waals surface area contributed by atoms with Crippen molar-refractivity contribution in [2.45, 2.75) is 0 Å². The number of pyridine rings is 1. The molecule has 106 valence electrons. The van der Waals surface area contributed by atoms with Crippen LogP contribution in [0.2, 0.25) is 0 Å². The first-order valence-electron chi connectivity index (χ1n) is 7.02. The van der Waals surface area contributed by atoms with Crippen LogP contribution in [0.1, 0.15) is 0 Å². The van der Waals surface area contributed by atoms with Crippen LogP contribution in [0.5, 0.6) is 0 Å². The van der Waals surface area contributed by atoms with Crippen LogP contribution in [0.15, 0.2) is 72.1 Å². The molecule has 0 unspecified atom stereocenters. The summed E-state index contributed by atoms with van der Waals surface area (Å²) < 4.78 is 0. The SMILES string of the molecule is c1ccc(-c2csc(Nc3ccc4ccccc4n3)n2)cc1. The van der Waals surface area contributed by atoms with Crippen molar-refractivity contribution >= 4 is 33.2 Å². The van der Waals surface area contributed by atoms with E-state index >= 15 is 0 Å². The maximum Gasteiger partial charge on any atom is 0.188 e. The maximum absolute atomic E-state index is 4.62. The summed E-state index contributed by atoms with van der Waals surface area (Å²) in [4.78, 5) is 9.23. The number of anilines is 2. The zero-order valence-corrected chi connectivity index (χ0v) is 12.5. The van der Waals surface area contributed by atoms with Gasteiger partial charge in [-0.3, -0.25) is 0 Å². The minimum absolute atomic E-state index is 0.813. The summed E-state index contributed by atoms with van der Waals surface area (Å²) in [7, 11) is 0. The van der Waals surface area contributed by atoms with Gasteiger partial charge in [-0.05, 0) is 18.2 Å². The number of aromatic nitrogens is 2. The van der Waals surface area contributed by atoms with Gasteiger partial charge in [-0.15, -0.1) is 11.3 Å². The summed E-state index contributed by atoms with van der Waals surface area (Å²) >= 11 is 1.58. The Morgan fingerprint density at radius 1 is 0.773 bits per heavy atom. The molecule has 0 aliphatic carbocycles. The van der Waals surface area contributed by atoms with E-state index in [2.05, 4.69) is 44.9 Å². The summed E-state index contributed by atoms with van der Waals surface area (Å²) in [5, 5.41) is 7.32. The third kappa shape index (κ3) is 2.56. The van der Waals surface area contributed by atoms with Crippen LogP contribution < -0.4 is 5.32 Å². The van der Waals surface area contributed by atoms with Crippen molar-refractivity contribution in [2.24, 2.45) is 0 Å². The lowest BCUT2D eigenvalue weighted by Crippen LogP contribution is -1.93. The van der Waals surface area contributed by atoms with Gasteiger partial charge in [-0.1, -0.05) is 48.5 Å². The molecule has 0 fully saturated rings. The topological polar surface area (TPSA) is 37.8 Å². The molecule has 0 amide bonds. The van der Waals surface area contributed by atoms with E-state index in [4.69, 9.17) is 0 Å². The Morgan fingerprint density at radius 2 is 1.59 bits per heavy atom. The van der Waals surface area contributed by atoms with Crippen LogP contribution in [-0.4, -0.2) is 9.97 Å². The molecule has 2 aromatic carbocycles. The third-order valence-corrected chi connectivity index (χ3v) is 4.16. The Hall–Kier alpha value is -2.72. The fourth-order valence-electron chi connectivity index (χ4n) is 2.32. The van der Waals surface area contributed by atoms with Gasteiger partial charge in [0.2, 0.25) is 0 Å². The molecule has 1 N–H and O–H groups in total. The molecule has 0 spiro atoms. The first kappa shape index (κ1) is 13.0. The van der Waals surface area contributed by atoms with Gasteiger partial charge >= 0.3 is 0 Å². The second kappa shape index (κ2) is 5.58. The molecule has 4 rings (SSSR count). The number of nitrogens with zero attached hydrogens (tertiary/aromatic N) is 2. The molecular formula is C18H13N3S. The zero-order chi connectivity index (χ0) is 14.8. The van der Waals surface area contributed by atoms with Crippen molar-refractivity contribution in [2.75, 3.05) is 5.32 Å². The van der Waals surface area contributed by atoms with E-state index in [1.54, 1.807) is 11.3 Å². The van der Waals surface area contributed by atoms with Crippen molar-refractivity contribution in [3.05, 3.63) is 72.1 Å². The highest BCUT2D eigenvalue weighted by Gasteiger charge is 2.05. The molecule has 3 nitrogen and oxygen atoms in total. The number of para-hydroxylation sites is 1. The zero-order valence-electron chi connectivity index (χ0n) is 11.7. The minimum Gasteiger partial charge on any atom is -0.316 e. The number of thiazole rings is 1. The predicted octanol–water partition coefficient (Wildman–Crippen LogP) is 5.10. The van der Waals surface area contributed by atoms with Gasteiger partial charge < -0.3 is 5.32 Å². The van der Waals surface area contributed by atoms with E-state index in [9.17, 15) is 0 Å². The van der Waals surface area contributed by atoms with Gasteiger partial charge in [0.15, 0.2) is 5.13 Å². The Balaban J connectivity index is 1.61. The van der Waals surface area contributed by atoms with Crippen molar-refractivity contribution in [3.63, 3.8) is 0 Å². The normalized spacial score (nSPS) is 10.7. The van der Waals surface area contributed by atoms with E-state index in [0.717, 1.165) is 33.1 Å². The van der Waals surface area contributed by atoms with Crippen molar-refractivity contribution < 1.29 is 0 Å². The molecule has 0 atom stereocenters. The Morgan fingerprint density at radius 3 is 2.50 bits per heavy atom. The number of benzene rings is 2. The third-order valence-electron chi connectivity index (χ3n) is 3.41. The number of nitrogens with one attached hydrogen (secondary N) is 1. The first-order chi connectivity index (χ1) is 10.9. The molecule has 0 saturated heterocycles. The lowest BCUT2D eigenvalue weighted by molar-refractivity contribution is 1.33. The smallest absolute Gasteiger partial charge is 0.188 e. The van der Waals surface area contributed by atoms with Crippen LogP contribution in [0.4, 0.5) is 10.9 Å². The number of rotatable bonds is 3. The van der Waals surface area contributed by atoms with E-state index < -0.39 is 0 Å². The van der Waals surface area contributed by atoms with Crippen molar-refractivity contribution in [1.82, 2.24) is 9.97 Å². The second-order valence-corrected chi connectivity index (χ2v) is 5.78. The minimum atomic E-state index is 0.813. The highest BCUT2D eigenvalue weighted by atomic mass is 32.1. The van der Waals surface area contributed by atoms with E-state index in [-0.39, 0.29) is 0 Å². The molecule has 4 heteroatoms. The summed E-state index contributed by atoms with van der Waals surface area (Å²) in [6.45, 7) is 0. The molecule has 0 bridgehead atoms. The van der Waals surface area contributed by atoms with Crippen LogP contribution in [-0.2, 0) is 0 Å². The Labute approximate surface area is 132 Å². The van der Waals surface area contributed by atoms with Crippen LogP contribution >= 0.6 is 11.3 Å². The number of hydrogen-bond donors (Lipinski definition) is 1. The van der Waals surface area contributed by atoms with E-state index in [1.807, 2.05) is 42.5 Å². The predicted molar refractivity (Wildman–Crippen MR) is 92.6 cm³/mol. The molecule has 22 heavy (non-hydrogen) atoms. The van der Waals surface area contributed by atoms with Crippen molar-refractivity contribution in [1.29, 1.82) is 0 Å². The lowest BCUT2D eigenvalue weighted by atomic mass is 10.2. The maximum atomic E-state index is 4.62. The number of hydrogen-bond acceptors (Lipinski definition) is 4. The standard InChI is InChI=1S/C18H13N3S/c1-2-6-13(7-3-1)16-12-22-18(20-16)21-17-11-10-14-8-4-5-9-15(14)19-17/h1-12H,(H,19,20,21). The summed E-state index contributed by atoms with van der Waals surface area (Å²) in [6, 6.07) is 22.3. The molecule has 0 aliphatic heterocycles. The average molecular weight is 303 g/mol. The number of fused-ring (bicyclic) bond motifs is 1. The van der Waals surface area contributed by atoms with E-state index in [1.165, 1.54) is 0 Å². The van der Waals surface area contributed by atoms with E-state index in [0.29, 0.717) is 0 Å². The molecule has 4 aromatic rings. The van der Waals surface area contributed by atoms with Gasteiger partial charge in [0, 0.05) is 16.3 Å². The molecule has 2 heterocycles. The fourth-order valence-corrected chi connectivity index (χ4v) is 3.04. The quantitative estimate of drug-likeness (QED) is 0.572. The summed E-state index contributed by atoms with van der Waals surface area (Å²) in [5.74, 6) is 0.813.